The highest BCUT2D eigenvalue weighted by Gasteiger charge is 2.54. The summed E-state index contributed by atoms with van der Waals surface area (Å²) in [5, 5.41) is 0. The maximum atomic E-state index is 12.4. The van der Waals surface area contributed by atoms with Crippen LogP contribution in [0.25, 0.3) is 0 Å². The molecule has 0 atom stereocenters. The number of hydrogen-bond donors (Lipinski definition) is 0. The first kappa shape index (κ1) is 18.9. The summed E-state index contributed by atoms with van der Waals surface area (Å²) in [5.41, 5.74) is 0. The first-order valence-corrected chi connectivity index (χ1v) is 8.43. The van der Waals surface area contributed by atoms with Crippen molar-refractivity contribution in [3.8, 4) is 0 Å². The fraction of sp³-hybridized carbons (Fsp3) is 0.111. The fourth-order valence-corrected chi connectivity index (χ4v) is 3.45. The third-order valence-corrected chi connectivity index (χ3v) is 4.70. The molecule has 0 bridgehead atoms. The van der Waals surface area contributed by atoms with Crippen LogP contribution in [0.3, 0.4) is 0 Å². The number of hydrogen-bond acceptors (Lipinski definition) is 8. The summed E-state index contributed by atoms with van der Waals surface area (Å²) in [7, 11) is 0. The molecular weight excluding hydrogens is 400 g/mol. The van der Waals surface area contributed by atoms with Crippen LogP contribution in [0.15, 0.2) is 48.6 Å². The van der Waals surface area contributed by atoms with E-state index in [1.807, 2.05) is 0 Å². The molecule has 4 rings (SSSR count). The highest BCUT2D eigenvalue weighted by atomic mass is 16.2. The Bertz CT molecular complexity index is 855. The molecule has 4 aliphatic rings. The summed E-state index contributed by atoms with van der Waals surface area (Å²) in [4.78, 5) is 101. The first-order valence-electron chi connectivity index (χ1n) is 8.43. The molecule has 4 aliphatic heterocycles. The van der Waals surface area contributed by atoms with Crippen LogP contribution in [0.4, 0.5) is 0 Å². The van der Waals surface area contributed by atoms with Crippen LogP contribution in [0, 0.1) is 0 Å². The van der Waals surface area contributed by atoms with Gasteiger partial charge in [-0.05, 0) is 0 Å². The fourth-order valence-electron chi connectivity index (χ4n) is 3.45. The van der Waals surface area contributed by atoms with Gasteiger partial charge in [0.15, 0.2) is 12.3 Å². The Hall–Kier alpha value is -4.48. The molecule has 30 heavy (non-hydrogen) atoms. The van der Waals surface area contributed by atoms with Gasteiger partial charge in [-0.25, -0.2) is 19.6 Å². The number of nitrogens with zero attached hydrogens (tertiary/aromatic N) is 4. The first-order chi connectivity index (χ1) is 14.2. The smallest absolute Gasteiger partial charge is 0.255 e. The third kappa shape index (κ3) is 2.62. The lowest BCUT2D eigenvalue weighted by molar-refractivity contribution is -0.174. The monoisotopic (exact) mass is 410 g/mol. The minimum atomic E-state index is -1.98. The van der Waals surface area contributed by atoms with E-state index in [-0.39, 0.29) is 0 Å². The molecule has 0 fully saturated rings. The summed E-state index contributed by atoms with van der Waals surface area (Å²) in [6, 6.07) is 0. The number of amides is 8. The summed E-state index contributed by atoms with van der Waals surface area (Å²) in [6.07, 6.45) is 2.85. The Morgan fingerprint density at radius 3 is 0.600 bits per heavy atom. The third-order valence-electron chi connectivity index (χ3n) is 4.70. The second-order valence-electron chi connectivity index (χ2n) is 6.35. The molecule has 8 amide bonds. The van der Waals surface area contributed by atoms with Gasteiger partial charge in [0.1, 0.15) is 0 Å². The lowest BCUT2D eigenvalue weighted by Crippen LogP contribution is -2.69. The van der Waals surface area contributed by atoms with Crippen molar-refractivity contribution in [2.75, 3.05) is 0 Å². The lowest BCUT2D eigenvalue weighted by Gasteiger charge is -2.43. The Morgan fingerprint density at radius 1 is 0.333 bits per heavy atom. The van der Waals surface area contributed by atoms with Gasteiger partial charge in [-0.15, -0.1) is 0 Å². The van der Waals surface area contributed by atoms with Gasteiger partial charge in [-0.3, -0.25) is 38.4 Å². The van der Waals surface area contributed by atoms with Gasteiger partial charge in [0.25, 0.3) is 47.3 Å². The molecule has 0 saturated carbocycles. The minimum Gasteiger partial charge on any atom is -0.269 e. The lowest BCUT2D eigenvalue weighted by atomic mass is 10.2. The Labute approximate surface area is 166 Å². The molecule has 0 aromatic heterocycles. The van der Waals surface area contributed by atoms with Gasteiger partial charge in [-0.1, -0.05) is 0 Å². The zero-order chi connectivity index (χ0) is 21.7. The predicted molar refractivity (Wildman–Crippen MR) is 91.5 cm³/mol. The van der Waals surface area contributed by atoms with E-state index in [2.05, 4.69) is 0 Å². The molecule has 0 saturated heterocycles. The van der Waals surface area contributed by atoms with E-state index in [1.54, 1.807) is 0 Å². The summed E-state index contributed by atoms with van der Waals surface area (Å²) >= 11 is 0. The predicted octanol–water partition coefficient (Wildman–Crippen LogP) is -2.66. The van der Waals surface area contributed by atoms with E-state index in [4.69, 9.17) is 0 Å². The average Bonchev–Trinajstić information content (AvgIpc) is 3.40. The molecule has 0 radical (unpaired) electrons. The topological polar surface area (TPSA) is 150 Å². The molecule has 0 unspecified atom stereocenters. The Balaban J connectivity index is 1.91. The van der Waals surface area contributed by atoms with Crippen LogP contribution in [0.2, 0.25) is 0 Å². The van der Waals surface area contributed by atoms with Gasteiger partial charge >= 0.3 is 0 Å². The van der Waals surface area contributed by atoms with Crippen LogP contribution >= 0.6 is 0 Å². The van der Waals surface area contributed by atoms with Crippen molar-refractivity contribution in [3.05, 3.63) is 48.6 Å². The molecular formula is C18H10N4O8. The standard InChI is InChI=1S/C18H10N4O8/c23-9-1-2-10(24)19(9)17(20-11(25)3-4-12(20)26)18(21-13(27)5-6-14(21)28)22-15(29)7-8-16(22)30/h1-8,17-18H. The molecule has 4 heterocycles. The van der Waals surface area contributed by atoms with Crippen LogP contribution in [0.1, 0.15) is 0 Å². The molecule has 150 valence electrons. The summed E-state index contributed by atoms with van der Waals surface area (Å²) in [5.74, 6) is -7.77. The molecule has 12 heteroatoms. The minimum absolute atomic E-state index is 0.436. The van der Waals surface area contributed by atoms with Gasteiger partial charge in [0.05, 0.1) is 0 Å². The number of carbonyl (C=O) groups is 8. The molecule has 0 aliphatic carbocycles. The van der Waals surface area contributed by atoms with Crippen molar-refractivity contribution in [2.24, 2.45) is 0 Å². The van der Waals surface area contributed by atoms with E-state index in [1.165, 1.54) is 0 Å². The van der Waals surface area contributed by atoms with E-state index in [0.29, 0.717) is 19.6 Å². The van der Waals surface area contributed by atoms with Crippen LogP contribution in [-0.4, -0.2) is 79.2 Å². The zero-order valence-electron chi connectivity index (χ0n) is 14.8. The quantitative estimate of drug-likeness (QED) is 0.446. The SMILES string of the molecule is O=C1C=CC(=O)N1C(C(N1C(=O)C=CC1=O)N1C(=O)C=CC1=O)N1C(=O)C=CC1=O. The highest BCUT2D eigenvalue weighted by molar-refractivity contribution is 6.19. The van der Waals surface area contributed by atoms with Crippen molar-refractivity contribution in [1.82, 2.24) is 19.6 Å². The second-order valence-corrected chi connectivity index (χ2v) is 6.35. The Kier molecular flexibility index (Phi) is 4.12. The van der Waals surface area contributed by atoms with Crippen molar-refractivity contribution in [1.29, 1.82) is 0 Å². The Morgan fingerprint density at radius 2 is 0.467 bits per heavy atom. The van der Waals surface area contributed by atoms with Crippen LogP contribution in [-0.2, 0) is 38.4 Å². The van der Waals surface area contributed by atoms with Crippen molar-refractivity contribution < 1.29 is 38.4 Å². The molecule has 12 nitrogen and oxygen atoms in total. The van der Waals surface area contributed by atoms with Crippen molar-refractivity contribution in [3.63, 3.8) is 0 Å². The van der Waals surface area contributed by atoms with Crippen molar-refractivity contribution in [2.45, 2.75) is 12.3 Å². The van der Waals surface area contributed by atoms with Gasteiger partial charge in [-0.2, -0.15) is 0 Å². The largest absolute Gasteiger partial charge is 0.269 e. The van der Waals surface area contributed by atoms with E-state index in [9.17, 15) is 38.4 Å². The molecule has 0 aromatic carbocycles. The molecule has 0 N–H and O–H groups in total. The number of carbonyl (C=O) groups excluding carboxylic acids is 8. The second kappa shape index (κ2) is 6.55. The normalized spacial score (nSPS) is 21.0. The van der Waals surface area contributed by atoms with E-state index >= 15 is 0 Å². The average molecular weight is 410 g/mol. The number of imide groups is 4. The number of rotatable bonds is 5. The van der Waals surface area contributed by atoms with Gasteiger partial charge in [0, 0.05) is 48.6 Å². The van der Waals surface area contributed by atoms with E-state index < -0.39 is 59.6 Å². The highest BCUT2D eigenvalue weighted by Crippen LogP contribution is 2.29. The van der Waals surface area contributed by atoms with E-state index in [0.717, 1.165) is 48.6 Å². The van der Waals surface area contributed by atoms with Gasteiger partial charge in [0.2, 0.25) is 0 Å². The van der Waals surface area contributed by atoms with Crippen molar-refractivity contribution >= 4 is 47.3 Å². The van der Waals surface area contributed by atoms with Crippen LogP contribution < -0.4 is 0 Å². The maximum absolute atomic E-state index is 12.4. The molecule has 0 aromatic rings. The van der Waals surface area contributed by atoms with Gasteiger partial charge < -0.3 is 0 Å². The summed E-state index contributed by atoms with van der Waals surface area (Å²) < 4.78 is 0. The maximum Gasteiger partial charge on any atom is 0.255 e. The zero-order valence-corrected chi connectivity index (χ0v) is 14.8. The molecule has 0 spiro atoms. The van der Waals surface area contributed by atoms with Crippen LogP contribution in [0.5, 0.6) is 0 Å². The summed E-state index contributed by atoms with van der Waals surface area (Å²) in [6.45, 7) is 0.